The summed E-state index contributed by atoms with van der Waals surface area (Å²) in [6.45, 7) is 7.70. The maximum Gasteiger partial charge on any atom is 0.338 e. The standard InChI is InChI=1S/C25H29ClN2O5/c1-14(2)22-21(24(29)33-15(3)4)23(28-25(30)27-22)17-9-10-19(20(12-17)31-5)32-13-16-7-6-8-18(26)11-16/h6-12,14-15,23H,13H2,1-5H3,(H2,27,28,30). The highest BCUT2D eigenvalue weighted by Gasteiger charge is 2.35. The molecule has 0 aliphatic carbocycles. The largest absolute Gasteiger partial charge is 0.493 e. The molecule has 1 aliphatic rings. The molecule has 0 radical (unpaired) electrons. The van der Waals surface area contributed by atoms with Crippen LogP contribution in [0.5, 0.6) is 11.5 Å². The minimum atomic E-state index is -0.696. The Morgan fingerprint density at radius 2 is 1.85 bits per heavy atom. The fraction of sp³-hybridized carbons (Fsp3) is 0.360. The molecule has 1 aliphatic heterocycles. The summed E-state index contributed by atoms with van der Waals surface area (Å²) in [7, 11) is 1.54. The van der Waals surface area contributed by atoms with E-state index in [0.29, 0.717) is 40.0 Å². The fourth-order valence-electron chi connectivity index (χ4n) is 3.57. The number of benzene rings is 2. The second-order valence-corrected chi connectivity index (χ2v) is 8.73. The van der Waals surface area contributed by atoms with Crippen molar-refractivity contribution < 1.29 is 23.8 Å². The molecule has 8 heteroatoms. The molecule has 1 heterocycles. The summed E-state index contributed by atoms with van der Waals surface area (Å²) in [5.41, 5.74) is 2.50. The molecule has 3 rings (SSSR count). The van der Waals surface area contributed by atoms with E-state index >= 15 is 0 Å². The first kappa shape index (κ1) is 24.5. The number of esters is 1. The molecular weight excluding hydrogens is 444 g/mol. The number of carbonyl (C=O) groups excluding carboxylic acids is 2. The highest BCUT2D eigenvalue weighted by atomic mass is 35.5. The number of amides is 2. The van der Waals surface area contributed by atoms with E-state index in [1.165, 1.54) is 7.11 Å². The molecule has 2 N–H and O–H groups in total. The van der Waals surface area contributed by atoms with E-state index in [0.717, 1.165) is 5.56 Å². The van der Waals surface area contributed by atoms with Crippen molar-refractivity contribution in [3.8, 4) is 11.5 Å². The molecular formula is C25H29ClN2O5. The van der Waals surface area contributed by atoms with Crippen LogP contribution in [0, 0.1) is 5.92 Å². The van der Waals surface area contributed by atoms with Crippen LogP contribution in [-0.4, -0.2) is 25.2 Å². The lowest BCUT2D eigenvalue weighted by molar-refractivity contribution is -0.143. The Balaban J connectivity index is 1.94. The Morgan fingerprint density at radius 1 is 1.09 bits per heavy atom. The van der Waals surface area contributed by atoms with Crippen molar-refractivity contribution >= 4 is 23.6 Å². The van der Waals surface area contributed by atoms with E-state index in [-0.39, 0.29) is 18.1 Å². The molecule has 0 aromatic heterocycles. The predicted octanol–water partition coefficient (Wildman–Crippen LogP) is 5.14. The van der Waals surface area contributed by atoms with Crippen LogP contribution in [0.1, 0.15) is 44.9 Å². The van der Waals surface area contributed by atoms with Gasteiger partial charge in [0.15, 0.2) is 11.5 Å². The van der Waals surface area contributed by atoms with Gasteiger partial charge in [0.2, 0.25) is 0 Å². The lowest BCUT2D eigenvalue weighted by atomic mass is 9.91. The zero-order valence-corrected chi connectivity index (χ0v) is 20.2. The average Bonchev–Trinajstić information content (AvgIpc) is 2.76. The van der Waals surface area contributed by atoms with Crippen LogP contribution in [-0.2, 0) is 16.1 Å². The van der Waals surface area contributed by atoms with Crippen molar-refractivity contribution in [3.05, 3.63) is 69.9 Å². The van der Waals surface area contributed by atoms with Crippen LogP contribution in [0.3, 0.4) is 0 Å². The summed E-state index contributed by atoms with van der Waals surface area (Å²) in [6.07, 6.45) is -0.298. The second kappa shape index (κ2) is 10.6. The summed E-state index contributed by atoms with van der Waals surface area (Å²) in [5.74, 6) is 0.438. The fourth-order valence-corrected chi connectivity index (χ4v) is 3.78. The van der Waals surface area contributed by atoms with Gasteiger partial charge >= 0.3 is 12.0 Å². The third-order valence-electron chi connectivity index (χ3n) is 5.05. The first-order valence-corrected chi connectivity index (χ1v) is 11.1. The number of hydrogen-bond donors (Lipinski definition) is 2. The van der Waals surface area contributed by atoms with Gasteiger partial charge in [-0.3, -0.25) is 0 Å². The molecule has 0 spiro atoms. The van der Waals surface area contributed by atoms with E-state index in [1.807, 2.05) is 32.0 Å². The van der Waals surface area contributed by atoms with Crippen molar-refractivity contribution in [2.75, 3.05) is 7.11 Å². The predicted molar refractivity (Wildman–Crippen MR) is 126 cm³/mol. The molecule has 0 saturated heterocycles. The van der Waals surface area contributed by atoms with E-state index < -0.39 is 12.0 Å². The van der Waals surface area contributed by atoms with Crippen molar-refractivity contribution in [2.45, 2.75) is 46.4 Å². The smallest absolute Gasteiger partial charge is 0.338 e. The average molecular weight is 473 g/mol. The minimum absolute atomic E-state index is 0.0875. The molecule has 0 fully saturated rings. The van der Waals surface area contributed by atoms with Gasteiger partial charge in [0.25, 0.3) is 0 Å². The number of carbonyl (C=O) groups is 2. The SMILES string of the molecule is COc1cc(C2NC(=O)NC(C(C)C)=C2C(=O)OC(C)C)ccc1OCc1cccc(Cl)c1. The first-order valence-electron chi connectivity index (χ1n) is 10.8. The summed E-state index contributed by atoms with van der Waals surface area (Å²) >= 11 is 6.05. The van der Waals surface area contributed by atoms with Gasteiger partial charge in [-0.25, -0.2) is 9.59 Å². The zero-order chi connectivity index (χ0) is 24.1. The maximum absolute atomic E-state index is 13.0. The number of halogens is 1. The Bertz CT molecular complexity index is 1060. The summed E-state index contributed by atoms with van der Waals surface area (Å²) in [6, 6.07) is 11.6. The van der Waals surface area contributed by atoms with Gasteiger partial charge in [-0.15, -0.1) is 0 Å². The number of urea groups is 1. The summed E-state index contributed by atoms with van der Waals surface area (Å²) in [5, 5.41) is 6.23. The highest BCUT2D eigenvalue weighted by molar-refractivity contribution is 6.30. The molecule has 2 aromatic carbocycles. The minimum Gasteiger partial charge on any atom is -0.493 e. The Labute approximate surface area is 199 Å². The molecule has 2 aromatic rings. The van der Waals surface area contributed by atoms with Crippen LogP contribution < -0.4 is 20.1 Å². The first-order chi connectivity index (χ1) is 15.7. The van der Waals surface area contributed by atoms with Gasteiger partial charge in [0.05, 0.1) is 24.8 Å². The van der Waals surface area contributed by atoms with Crippen LogP contribution in [0.25, 0.3) is 0 Å². The van der Waals surface area contributed by atoms with E-state index in [9.17, 15) is 9.59 Å². The molecule has 176 valence electrons. The van der Waals surface area contributed by atoms with Crippen molar-refractivity contribution in [1.82, 2.24) is 10.6 Å². The van der Waals surface area contributed by atoms with Gasteiger partial charge in [-0.05, 0) is 55.2 Å². The van der Waals surface area contributed by atoms with Crippen LogP contribution in [0.15, 0.2) is 53.7 Å². The highest BCUT2D eigenvalue weighted by Crippen LogP contribution is 2.36. The van der Waals surface area contributed by atoms with Gasteiger partial charge < -0.3 is 24.8 Å². The van der Waals surface area contributed by atoms with Crippen molar-refractivity contribution in [3.63, 3.8) is 0 Å². The van der Waals surface area contributed by atoms with Gasteiger partial charge in [0, 0.05) is 10.7 Å². The summed E-state index contributed by atoms with van der Waals surface area (Å²) in [4.78, 5) is 25.4. The number of rotatable bonds is 8. The quantitative estimate of drug-likeness (QED) is 0.519. The molecule has 2 amide bonds. The van der Waals surface area contributed by atoms with Crippen LogP contribution in [0.2, 0.25) is 5.02 Å². The van der Waals surface area contributed by atoms with Gasteiger partial charge in [-0.1, -0.05) is 43.6 Å². The molecule has 0 bridgehead atoms. The lowest BCUT2D eigenvalue weighted by Gasteiger charge is -2.31. The second-order valence-electron chi connectivity index (χ2n) is 8.30. The molecule has 33 heavy (non-hydrogen) atoms. The molecule has 1 unspecified atom stereocenters. The number of nitrogens with one attached hydrogen (secondary N) is 2. The van der Waals surface area contributed by atoms with Crippen molar-refractivity contribution in [2.24, 2.45) is 5.92 Å². The van der Waals surface area contributed by atoms with E-state index in [2.05, 4.69) is 10.6 Å². The molecule has 7 nitrogen and oxygen atoms in total. The summed E-state index contributed by atoms with van der Waals surface area (Å²) < 4.78 is 17.0. The Kier molecular flexibility index (Phi) is 7.87. The van der Waals surface area contributed by atoms with E-state index in [4.69, 9.17) is 25.8 Å². The van der Waals surface area contributed by atoms with E-state index in [1.54, 1.807) is 38.1 Å². The van der Waals surface area contributed by atoms with Crippen LogP contribution in [0.4, 0.5) is 4.79 Å². The number of allylic oxidation sites excluding steroid dienone is 1. The normalized spacial score (nSPS) is 15.9. The lowest BCUT2D eigenvalue weighted by Crippen LogP contribution is -2.47. The maximum atomic E-state index is 13.0. The number of hydrogen-bond acceptors (Lipinski definition) is 5. The zero-order valence-electron chi connectivity index (χ0n) is 19.4. The van der Waals surface area contributed by atoms with Gasteiger partial charge in [0.1, 0.15) is 6.61 Å². The van der Waals surface area contributed by atoms with Crippen LogP contribution >= 0.6 is 11.6 Å². The third kappa shape index (κ3) is 5.99. The third-order valence-corrected chi connectivity index (χ3v) is 5.28. The monoisotopic (exact) mass is 472 g/mol. The van der Waals surface area contributed by atoms with Gasteiger partial charge in [-0.2, -0.15) is 0 Å². The molecule has 0 saturated carbocycles. The number of methoxy groups -OCH3 is 1. The molecule has 1 atom stereocenters. The number of ether oxygens (including phenoxy) is 3. The van der Waals surface area contributed by atoms with Crippen molar-refractivity contribution in [1.29, 1.82) is 0 Å². The Morgan fingerprint density at radius 3 is 2.48 bits per heavy atom. The Hall–Kier alpha value is -3.19. The topological polar surface area (TPSA) is 85.9 Å².